The highest BCUT2D eigenvalue weighted by atomic mass is 16.6. The van der Waals surface area contributed by atoms with Crippen LogP contribution in [0.3, 0.4) is 0 Å². The molecule has 0 aliphatic heterocycles. The molecule has 6 nitrogen and oxygen atoms in total. The molecule has 0 bridgehead atoms. The van der Waals surface area contributed by atoms with Crippen LogP contribution in [0.15, 0.2) is 18.2 Å². The van der Waals surface area contributed by atoms with Crippen molar-refractivity contribution in [2.75, 3.05) is 12.4 Å². The fourth-order valence-electron chi connectivity index (χ4n) is 1.04. The summed E-state index contributed by atoms with van der Waals surface area (Å²) in [7, 11) is 1.47. The summed E-state index contributed by atoms with van der Waals surface area (Å²) in [6, 6.07) is 3.90. The normalized spacial score (nSPS) is 9.47. The molecule has 0 fully saturated rings. The largest absolute Gasteiger partial charge is 0.341 e. The standard InChI is InChI=1S/C9H11N3O3/c1-6-3-4-7(12(14)15)5-8(6)11-9(13)10-2/h3-5H,1-2H3,(H2,10,11,13). The fourth-order valence-corrected chi connectivity index (χ4v) is 1.04. The van der Waals surface area contributed by atoms with Crippen LogP contribution >= 0.6 is 0 Å². The smallest absolute Gasteiger partial charge is 0.318 e. The summed E-state index contributed by atoms with van der Waals surface area (Å²) in [6.07, 6.45) is 0. The number of benzene rings is 1. The van der Waals surface area contributed by atoms with Crippen LogP contribution in [0.25, 0.3) is 0 Å². The maximum Gasteiger partial charge on any atom is 0.318 e. The summed E-state index contributed by atoms with van der Waals surface area (Å²) >= 11 is 0. The zero-order valence-corrected chi connectivity index (χ0v) is 8.40. The molecule has 1 rings (SSSR count). The van der Waals surface area contributed by atoms with Gasteiger partial charge in [0.05, 0.1) is 10.6 Å². The number of hydrogen-bond acceptors (Lipinski definition) is 3. The molecular formula is C9H11N3O3. The van der Waals surface area contributed by atoms with Crippen LogP contribution in [0, 0.1) is 17.0 Å². The number of aryl methyl sites for hydroxylation is 1. The van der Waals surface area contributed by atoms with Gasteiger partial charge in [-0.3, -0.25) is 10.1 Å². The molecular weight excluding hydrogens is 198 g/mol. The van der Waals surface area contributed by atoms with Crippen molar-refractivity contribution < 1.29 is 9.72 Å². The number of carbonyl (C=O) groups is 1. The molecule has 0 saturated heterocycles. The lowest BCUT2D eigenvalue weighted by molar-refractivity contribution is -0.384. The van der Waals surface area contributed by atoms with Gasteiger partial charge in [-0.15, -0.1) is 0 Å². The van der Waals surface area contributed by atoms with E-state index in [2.05, 4.69) is 10.6 Å². The van der Waals surface area contributed by atoms with Gasteiger partial charge in [0, 0.05) is 19.2 Å². The minimum atomic E-state index is -0.505. The first-order valence-electron chi connectivity index (χ1n) is 4.28. The molecule has 1 aromatic rings. The van der Waals surface area contributed by atoms with E-state index in [1.165, 1.54) is 19.2 Å². The molecule has 0 aliphatic rings. The van der Waals surface area contributed by atoms with E-state index in [0.717, 1.165) is 5.56 Å². The Bertz CT molecular complexity index is 404. The number of carbonyl (C=O) groups excluding carboxylic acids is 1. The molecule has 0 unspecified atom stereocenters. The topological polar surface area (TPSA) is 84.3 Å². The Kier molecular flexibility index (Phi) is 3.22. The first kappa shape index (κ1) is 11.0. The first-order chi connectivity index (χ1) is 7.04. The summed E-state index contributed by atoms with van der Waals surface area (Å²) < 4.78 is 0. The lowest BCUT2D eigenvalue weighted by Gasteiger charge is -2.06. The maximum atomic E-state index is 11.0. The van der Waals surface area contributed by atoms with Crippen molar-refractivity contribution in [1.29, 1.82) is 0 Å². The van der Waals surface area contributed by atoms with Gasteiger partial charge in [-0.1, -0.05) is 6.07 Å². The number of anilines is 1. The zero-order valence-electron chi connectivity index (χ0n) is 8.40. The molecule has 6 heteroatoms. The van der Waals surface area contributed by atoms with Gasteiger partial charge in [-0.05, 0) is 12.5 Å². The molecule has 15 heavy (non-hydrogen) atoms. The van der Waals surface area contributed by atoms with Gasteiger partial charge in [0.25, 0.3) is 5.69 Å². The molecule has 0 radical (unpaired) electrons. The predicted octanol–water partition coefficient (Wildman–Crippen LogP) is 1.65. The molecule has 0 heterocycles. The molecule has 0 aliphatic carbocycles. The lowest BCUT2D eigenvalue weighted by atomic mass is 10.2. The van der Waals surface area contributed by atoms with Crippen molar-refractivity contribution in [2.24, 2.45) is 0 Å². The van der Waals surface area contributed by atoms with E-state index >= 15 is 0 Å². The number of hydrogen-bond donors (Lipinski definition) is 2. The number of urea groups is 1. The van der Waals surface area contributed by atoms with Crippen LogP contribution in [-0.4, -0.2) is 18.0 Å². The van der Waals surface area contributed by atoms with E-state index in [4.69, 9.17) is 0 Å². The number of nitro groups is 1. The Morgan fingerprint density at radius 2 is 2.13 bits per heavy atom. The van der Waals surface area contributed by atoms with Gasteiger partial charge in [0.15, 0.2) is 0 Å². The third-order valence-corrected chi connectivity index (χ3v) is 1.91. The van der Waals surface area contributed by atoms with E-state index in [0.29, 0.717) is 5.69 Å². The summed E-state index contributed by atoms with van der Waals surface area (Å²) in [5, 5.41) is 15.4. The summed E-state index contributed by atoms with van der Waals surface area (Å²) in [6.45, 7) is 1.76. The first-order valence-corrected chi connectivity index (χ1v) is 4.28. The molecule has 2 amide bonds. The van der Waals surface area contributed by atoms with E-state index in [-0.39, 0.29) is 5.69 Å². The number of nitrogens with one attached hydrogen (secondary N) is 2. The molecule has 0 saturated carbocycles. The SMILES string of the molecule is CNC(=O)Nc1cc([N+](=O)[O-])ccc1C. The fraction of sp³-hybridized carbons (Fsp3) is 0.222. The lowest BCUT2D eigenvalue weighted by Crippen LogP contribution is -2.24. The monoisotopic (exact) mass is 209 g/mol. The maximum absolute atomic E-state index is 11.0. The van der Waals surface area contributed by atoms with Gasteiger partial charge < -0.3 is 10.6 Å². The van der Waals surface area contributed by atoms with E-state index in [9.17, 15) is 14.9 Å². The number of non-ortho nitro benzene ring substituents is 1. The van der Waals surface area contributed by atoms with Gasteiger partial charge in [0.2, 0.25) is 0 Å². The number of nitro benzene ring substituents is 1. The molecule has 0 spiro atoms. The van der Waals surface area contributed by atoms with Crippen molar-refractivity contribution in [3.63, 3.8) is 0 Å². The minimum absolute atomic E-state index is 0.0491. The van der Waals surface area contributed by atoms with Gasteiger partial charge >= 0.3 is 6.03 Å². The van der Waals surface area contributed by atoms with Crippen molar-refractivity contribution in [3.05, 3.63) is 33.9 Å². The molecule has 1 aromatic carbocycles. The summed E-state index contributed by atoms with van der Waals surface area (Å²) in [4.78, 5) is 21.0. The predicted molar refractivity (Wildman–Crippen MR) is 55.9 cm³/mol. The summed E-state index contributed by atoms with van der Waals surface area (Å²) in [5.41, 5.74) is 1.15. The van der Waals surface area contributed by atoms with Gasteiger partial charge in [-0.25, -0.2) is 4.79 Å². The number of amides is 2. The van der Waals surface area contributed by atoms with Crippen LogP contribution in [0.1, 0.15) is 5.56 Å². The van der Waals surface area contributed by atoms with Gasteiger partial charge in [-0.2, -0.15) is 0 Å². The highest BCUT2D eigenvalue weighted by molar-refractivity contribution is 5.90. The van der Waals surface area contributed by atoms with Crippen LogP contribution in [-0.2, 0) is 0 Å². The Labute approximate surface area is 86.4 Å². The van der Waals surface area contributed by atoms with Gasteiger partial charge in [0.1, 0.15) is 0 Å². The quantitative estimate of drug-likeness (QED) is 0.573. The van der Waals surface area contributed by atoms with E-state index < -0.39 is 11.0 Å². The van der Waals surface area contributed by atoms with Crippen LogP contribution in [0.2, 0.25) is 0 Å². The highest BCUT2D eigenvalue weighted by Gasteiger charge is 2.09. The van der Waals surface area contributed by atoms with Crippen LogP contribution in [0.5, 0.6) is 0 Å². The molecule has 80 valence electrons. The summed E-state index contributed by atoms with van der Waals surface area (Å²) in [5.74, 6) is 0. The molecule has 2 N–H and O–H groups in total. The molecule has 0 aromatic heterocycles. The molecule has 0 atom stereocenters. The second-order valence-corrected chi connectivity index (χ2v) is 2.96. The Morgan fingerprint density at radius 3 is 2.67 bits per heavy atom. The number of nitrogens with zero attached hydrogens (tertiary/aromatic N) is 1. The average molecular weight is 209 g/mol. The Balaban J connectivity index is 3.00. The second-order valence-electron chi connectivity index (χ2n) is 2.96. The number of rotatable bonds is 2. The van der Waals surface area contributed by atoms with Crippen LogP contribution < -0.4 is 10.6 Å². The third-order valence-electron chi connectivity index (χ3n) is 1.91. The van der Waals surface area contributed by atoms with E-state index in [1.807, 2.05) is 0 Å². The Hall–Kier alpha value is -2.11. The average Bonchev–Trinajstić information content (AvgIpc) is 2.20. The van der Waals surface area contributed by atoms with E-state index in [1.54, 1.807) is 13.0 Å². The highest BCUT2D eigenvalue weighted by Crippen LogP contribution is 2.21. The van der Waals surface area contributed by atoms with Crippen molar-refractivity contribution in [3.8, 4) is 0 Å². The van der Waals surface area contributed by atoms with Crippen molar-refractivity contribution >= 4 is 17.4 Å². The zero-order chi connectivity index (χ0) is 11.4. The van der Waals surface area contributed by atoms with Crippen molar-refractivity contribution in [1.82, 2.24) is 5.32 Å². The van der Waals surface area contributed by atoms with Crippen LogP contribution in [0.4, 0.5) is 16.2 Å². The minimum Gasteiger partial charge on any atom is -0.341 e. The third kappa shape index (κ3) is 2.67. The second kappa shape index (κ2) is 4.41. The Morgan fingerprint density at radius 1 is 1.47 bits per heavy atom. The van der Waals surface area contributed by atoms with Crippen molar-refractivity contribution in [2.45, 2.75) is 6.92 Å².